The number of aryl methyl sites for hydroxylation is 1. The Morgan fingerprint density at radius 1 is 1.07 bits per heavy atom. The molecular weight excluding hydrogens is 423 g/mol. The van der Waals surface area contributed by atoms with Crippen molar-refractivity contribution in [1.29, 1.82) is 0 Å². The topological polar surface area (TPSA) is 138 Å². The molecule has 10 heteroatoms. The van der Waals surface area contributed by atoms with Crippen LogP contribution < -0.4 is 4.74 Å². The van der Waals surface area contributed by atoms with Crippen LogP contribution in [0.3, 0.4) is 0 Å². The summed E-state index contributed by atoms with van der Waals surface area (Å²) in [5.41, 5.74) is 1.38. The Morgan fingerprint density at radius 2 is 1.63 bits per heavy atom. The van der Waals surface area contributed by atoms with Crippen molar-refractivity contribution in [2.24, 2.45) is 0 Å². The third-order valence-electron chi connectivity index (χ3n) is 4.13. The SMILES string of the molecule is CCCCCCCCc1ccccc1O[CH](C)[Na].O=C(O)CC(C(=O)O)S(=O)(=O)O. The fourth-order valence-electron chi connectivity index (χ4n) is 2.65. The van der Waals surface area contributed by atoms with Crippen LogP contribution in [-0.2, 0) is 26.1 Å². The minimum absolute atomic E-state index is 0.399. The number of carbonyl (C=O) groups is 2. The number of aliphatic carboxylic acids is 2. The van der Waals surface area contributed by atoms with Crippen LogP contribution in [0.15, 0.2) is 24.3 Å². The predicted molar refractivity (Wildman–Crippen MR) is 115 cm³/mol. The van der Waals surface area contributed by atoms with E-state index in [0.717, 1.165) is 40.1 Å². The summed E-state index contributed by atoms with van der Waals surface area (Å²) in [7, 11) is -4.84. The number of hydrogen-bond donors (Lipinski definition) is 3. The zero-order valence-electron chi connectivity index (χ0n) is 17.9. The fourth-order valence-corrected chi connectivity index (χ4v) is 3.52. The van der Waals surface area contributed by atoms with Gasteiger partial charge in [0.2, 0.25) is 0 Å². The zero-order chi connectivity index (χ0) is 23.2. The van der Waals surface area contributed by atoms with E-state index in [4.69, 9.17) is 19.5 Å². The van der Waals surface area contributed by atoms with E-state index in [0.29, 0.717) is 3.35 Å². The van der Waals surface area contributed by atoms with Gasteiger partial charge in [0.05, 0.1) is 6.42 Å². The summed E-state index contributed by atoms with van der Waals surface area (Å²) in [5.74, 6) is -2.39. The number of rotatable bonds is 13. The average Bonchev–Trinajstić information content (AvgIpc) is 2.63. The summed E-state index contributed by atoms with van der Waals surface area (Å²) in [6.07, 6.45) is 8.14. The van der Waals surface area contributed by atoms with Crippen LogP contribution >= 0.6 is 0 Å². The van der Waals surface area contributed by atoms with Crippen molar-refractivity contribution in [3.8, 4) is 5.75 Å². The zero-order valence-corrected chi connectivity index (χ0v) is 20.7. The first kappa shape index (κ1) is 28.9. The summed E-state index contributed by atoms with van der Waals surface area (Å²) in [6.45, 7) is 4.41. The number of hydrogen-bond acceptors (Lipinski definition) is 5. The summed E-state index contributed by atoms with van der Waals surface area (Å²) in [5, 5.41) is 13.9. The molecule has 0 aromatic heterocycles. The molecular formula is C20H31NaO8S. The minimum atomic E-state index is -4.84. The normalized spacial score (nSPS) is 13.0. The number of carboxylic acid groups (broad SMARTS) is 2. The van der Waals surface area contributed by atoms with Crippen LogP contribution in [0.25, 0.3) is 0 Å². The second kappa shape index (κ2) is 15.6. The van der Waals surface area contributed by atoms with Crippen LogP contribution in [0, 0.1) is 0 Å². The van der Waals surface area contributed by atoms with Crippen LogP contribution in [0.5, 0.6) is 5.75 Å². The number of carboxylic acids is 2. The van der Waals surface area contributed by atoms with E-state index in [1.165, 1.54) is 44.1 Å². The van der Waals surface area contributed by atoms with E-state index >= 15 is 0 Å². The molecule has 0 radical (unpaired) electrons. The Morgan fingerprint density at radius 3 is 2.10 bits per heavy atom. The van der Waals surface area contributed by atoms with Gasteiger partial charge in [-0.3, -0.25) is 14.1 Å². The molecule has 0 saturated carbocycles. The third-order valence-corrected chi connectivity index (χ3v) is 5.45. The largest absolute Gasteiger partial charge is 0.481 e. The van der Waals surface area contributed by atoms with E-state index in [-0.39, 0.29) is 0 Å². The second-order valence-electron chi connectivity index (χ2n) is 7.23. The van der Waals surface area contributed by atoms with Crippen molar-refractivity contribution < 1.29 is 37.5 Å². The van der Waals surface area contributed by atoms with Crippen molar-refractivity contribution in [1.82, 2.24) is 0 Å². The number of ether oxygens (including phenoxy) is 1. The van der Waals surface area contributed by atoms with Crippen LogP contribution in [0.2, 0.25) is 0 Å². The predicted octanol–water partition coefficient (Wildman–Crippen LogP) is 3.29. The number of benzene rings is 1. The molecule has 1 aromatic carbocycles. The molecule has 0 aliphatic rings. The van der Waals surface area contributed by atoms with Crippen LogP contribution in [0.1, 0.15) is 64.4 Å². The summed E-state index contributed by atoms with van der Waals surface area (Å²) < 4.78 is 35.0. The van der Waals surface area contributed by atoms with E-state index in [1.807, 2.05) is 0 Å². The summed E-state index contributed by atoms with van der Waals surface area (Å²) in [6, 6.07) is 8.52. The Kier molecular flexibility index (Phi) is 15.0. The molecule has 0 bridgehead atoms. The Bertz CT molecular complexity index is 749. The molecule has 0 heterocycles. The van der Waals surface area contributed by atoms with Crippen LogP contribution in [-0.4, -0.2) is 71.7 Å². The Labute approximate surface area is 196 Å². The van der Waals surface area contributed by atoms with Crippen molar-refractivity contribution in [3.63, 3.8) is 0 Å². The Hall–Kier alpha value is -1.13. The monoisotopic (exact) mass is 454 g/mol. The maximum atomic E-state index is 10.2. The molecule has 0 aliphatic heterocycles. The summed E-state index contributed by atoms with van der Waals surface area (Å²) >= 11 is 1.09. The Balaban J connectivity index is 0.000000612. The van der Waals surface area contributed by atoms with Gasteiger partial charge in [-0.2, -0.15) is 8.42 Å². The average molecular weight is 455 g/mol. The van der Waals surface area contributed by atoms with Crippen molar-refractivity contribution in [3.05, 3.63) is 29.8 Å². The molecule has 0 amide bonds. The van der Waals surface area contributed by atoms with Crippen LogP contribution in [0.4, 0.5) is 0 Å². The van der Waals surface area contributed by atoms with Gasteiger partial charge in [-0.15, -0.1) is 0 Å². The van der Waals surface area contributed by atoms with Gasteiger partial charge < -0.3 is 10.2 Å². The van der Waals surface area contributed by atoms with Gasteiger partial charge in [-0.25, -0.2) is 0 Å². The first-order chi connectivity index (χ1) is 14.0. The first-order valence-electron chi connectivity index (χ1n) is 10.1. The van der Waals surface area contributed by atoms with Crippen molar-refractivity contribution in [2.45, 2.75) is 73.8 Å². The van der Waals surface area contributed by atoms with E-state index in [2.05, 4.69) is 38.1 Å². The molecule has 166 valence electrons. The third kappa shape index (κ3) is 14.0. The van der Waals surface area contributed by atoms with Gasteiger partial charge in [0.25, 0.3) is 10.1 Å². The summed E-state index contributed by atoms with van der Waals surface area (Å²) in [4.78, 5) is 20.0. The van der Waals surface area contributed by atoms with Crippen molar-refractivity contribution >= 4 is 50.0 Å². The molecule has 0 spiro atoms. The molecule has 30 heavy (non-hydrogen) atoms. The van der Waals surface area contributed by atoms with E-state index in [1.54, 1.807) is 0 Å². The van der Waals surface area contributed by atoms with Gasteiger partial charge in [-0.1, -0.05) is 0 Å². The van der Waals surface area contributed by atoms with Gasteiger partial charge >= 0.3 is 142 Å². The van der Waals surface area contributed by atoms with Gasteiger partial charge in [0, 0.05) is 0 Å². The fraction of sp³-hybridized carbons (Fsp3) is 0.600. The van der Waals surface area contributed by atoms with Gasteiger partial charge in [-0.05, 0) is 0 Å². The van der Waals surface area contributed by atoms with E-state index < -0.39 is 33.7 Å². The molecule has 0 aliphatic carbocycles. The van der Waals surface area contributed by atoms with Crippen molar-refractivity contribution in [2.75, 3.05) is 0 Å². The molecule has 1 aromatic rings. The smallest absolute Gasteiger partial charge is 0.325 e. The maximum Gasteiger partial charge on any atom is 0.325 e. The molecule has 2 unspecified atom stereocenters. The first-order valence-corrected chi connectivity index (χ1v) is 12.8. The second-order valence-corrected chi connectivity index (χ2v) is 10.5. The number of unbranched alkanes of at least 4 members (excludes halogenated alkanes) is 5. The molecule has 1 rings (SSSR count). The number of para-hydroxylation sites is 1. The van der Waals surface area contributed by atoms with Gasteiger partial charge in [0.15, 0.2) is 5.25 Å². The molecule has 3 N–H and O–H groups in total. The molecule has 2 atom stereocenters. The molecule has 0 saturated heterocycles. The maximum absolute atomic E-state index is 10.2. The molecule has 0 fully saturated rings. The standard InChI is InChI=1S/C16H25O.C4H6O7S.Na/c1-3-5-6-7-8-9-12-15-13-10-11-14-16(15)17-4-2;5-3(6)1-2(4(7)8)12(9,10)11;/h4,10-11,13-14H,3,5-9,12H2,1-2H3;2H,1H2,(H,5,6)(H,7,8)(H,9,10,11);. The van der Waals surface area contributed by atoms with Gasteiger partial charge in [0.1, 0.15) is 0 Å². The quantitative estimate of drug-likeness (QED) is 0.234. The van der Waals surface area contributed by atoms with E-state index in [9.17, 15) is 18.0 Å². The molecule has 8 nitrogen and oxygen atoms in total. The minimum Gasteiger partial charge on any atom is -0.481 e.